The van der Waals surface area contributed by atoms with Crippen molar-refractivity contribution in [2.75, 3.05) is 13.6 Å². The van der Waals surface area contributed by atoms with Gasteiger partial charge in [-0.05, 0) is 38.8 Å². The second-order valence-electron chi connectivity index (χ2n) is 3.85. The van der Waals surface area contributed by atoms with E-state index in [1.54, 1.807) is 0 Å². The van der Waals surface area contributed by atoms with Gasteiger partial charge in [0.2, 0.25) is 0 Å². The Labute approximate surface area is 91.2 Å². The van der Waals surface area contributed by atoms with Gasteiger partial charge in [-0.15, -0.1) is 0 Å². The van der Waals surface area contributed by atoms with Crippen LogP contribution in [0.3, 0.4) is 0 Å². The molecular weight excluding hydrogens is 188 g/mol. The summed E-state index contributed by atoms with van der Waals surface area (Å²) in [7, 11) is 1.89. The molecule has 0 aromatic carbocycles. The van der Waals surface area contributed by atoms with E-state index in [4.69, 9.17) is 11.1 Å². The molecule has 4 nitrogen and oxygen atoms in total. The minimum Gasteiger partial charge on any atom is -0.384 e. The summed E-state index contributed by atoms with van der Waals surface area (Å²) in [5, 5.41) is 10.5. The Kier molecular flexibility index (Phi) is 5.04. The largest absolute Gasteiger partial charge is 0.384 e. The summed E-state index contributed by atoms with van der Waals surface area (Å²) in [5.74, 6) is 0.601. The highest BCUT2D eigenvalue weighted by Gasteiger charge is 2.15. The first-order chi connectivity index (χ1) is 7.22. The molecule has 1 fully saturated rings. The van der Waals surface area contributed by atoms with Crippen LogP contribution in [0, 0.1) is 5.41 Å². The fraction of sp³-hybridized carbons (Fsp3) is 0.636. The number of nitrogens with zero attached hydrogens (tertiary/aromatic N) is 1. The first-order valence-corrected chi connectivity index (χ1v) is 5.43. The summed E-state index contributed by atoms with van der Waals surface area (Å²) >= 11 is 0. The number of nitrogens with one attached hydrogen (secondary N) is 2. The molecule has 4 N–H and O–H groups in total. The van der Waals surface area contributed by atoms with Gasteiger partial charge >= 0.3 is 0 Å². The lowest BCUT2D eigenvalue weighted by Gasteiger charge is -2.18. The molecule has 84 valence electrons. The SMILES string of the molecule is CNC/C=C\C(N)=NC1CCC(=N)CC1. The number of amidine groups is 1. The van der Waals surface area contributed by atoms with E-state index in [0.29, 0.717) is 11.9 Å². The number of nitrogens with two attached hydrogens (primary N) is 1. The quantitative estimate of drug-likeness (QED) is 0.478. The molecule has 0 saturated heterocycles. The molecule has 1 rings (SSSR count). The summed E-state index contributed by atoms with van der Waals surface area (Å²) < 4.78 is 0. The summed E-state index contributed by atoms with van der Waals surface area (Å²) in [6.07, 6.45) is 7.50. The van der Waals surface area contributed by atoms with Crippen molar-refractivity contribution < 1.29 is 0 Å². The standard InChI is InChI=1S/C11H20N4/c1-14-8-2-3-11(13)15-10-6-4-9(12)5-7-10/h2-3,10,12,14H,4-8H2,1H3,(H2,13,15)/b3-2-,12-9?. The summed E-state index contributed by atoms with van der Waals surface area (Å²) in [6, 6.07) is 0.318. The van der Waals surface area contributed by atoms with Crippen molar-refractivity contribution in [1.82, 2.24) is 5.32 Å². The van der Waals surface area contributed by atoms with Gasteiger partial charge in [-0.2, -0.15) is 0 Å². The average Bonchev–Trinajstić information content (AvgIpc) is 2.22. The topological polar surface area (TPSA) is 74.3 Å². The molecule has 0 aromatic rings. The second-order valence-corrected chi connectivity index (χ2v) is 3.85. The maximum atomic E-state index is 7.49. The lowest BCUT2D eigenvalue weighted by atomic mass is 9.94. The van der Waals surface area contributed by atoms with Gasteiger partial charge in [0.15, 0.2) is 0 Å². The zero-order valence-electron chi connectivity index (χ0n) is 9.29. The average molecular weight is 208 g/mol. The van der Waals surface area contributed by atoms with Crippen LogP contribution < -0.4 is 11.1 Å². The van der Waals surface area contributed by atoms with E-state index in [-0.39, 0.29) is 0 Å². The Morgan fingerprint density at radius 1 is 1.60 bits per heavy atom. The molecule has 1 aliphatic rings. The van der Waals surface area contributed by atoms with Crippen LogP contribution in [-0.2, 0) is 0 Å². The van der Waals surface area contributed by atoms with E-state index >= 15 is 0 Å². The molecule has 4 heteroatoms. The van der Waals surface area contributed by atoms with Crippen molar-refractivity contribution in [3.8, 4) is 0 Å². The lowest BCUT2D eigenvalue weighted by molar-refractivity contribution is 0.559. The van der Waals surface area contributed by atoms with Crippen LogP contribution in [0.15, 0.2) is 17.1 Å². The van der Waals surface area contributed by atoms with Crippen LogP contribution in [-0.4, -0.2) is 31.2 Å². The molecule has 0 atom stereocenters. The highest BCUT2D eigenvalue weighted by molar-refractivity contribution is 5.91. The van der Waals surface area contributed by atoms with Crippen LogP contribution in [0.5, 0.6) is 0 Å². The maximum Gasteiger partial charge on any atom is 0.118 e. The van der Waals surface area contributed by atoms with Crippen LogP contribution in [0.1, 0.15) is 25.7 Å². The number of rotatable bonds is 4. The van der Waals surface area contributed by atoms with Crippen LogP contribution >= 0.6 is 0 Å². The molecule has 1 aliphatic carbocycles. The fourth-order valence-corrected chi connectivity index (χ4v) is 1.63. The number of hydrogen-bond donors (Lipinski definition) is 3. The maximum absolute atomic E-state index is 7.49. The molecule has 0 aliphatic heterocycles. The number of hydrogen-bond acceptors (Lipinski definition) is 3. The molecule has 0 spiro atoms. The minimum atomic E-state index is 0.318. The van der Waals surface area contributed by atoms with Gasteiger partial charge in [0.05, 0.1) is 6.04 Å². The monoisotopic (exact) mass is 208 g/mol. The van der Waals surface area contributed by atoms with E-state index in [1.165, 1.54) is 0 Å². The molecule has 0 unspecified atom stereocenters. The number of aliphatic imine (C=N–C) groups is 1. The molecule has 0 heterocycles. The van der Waals surface area contributed by atoms with Crippen molar-refractivity contribution in [3.63, 3.8) is 0 Å². The molecule has 0 aromatic heterocycles. The molecule has 0 bridgehead atoms. The lowest BCUT2D eigenvalue weighted by Crippen LogP contribution is -2.20. The Bertz CT molecular complexity index is 258. The third-order valence-electron chi connectivity index (χ3n) is 2.50. The summed E-state index contributed by atoms with van der Waals surface area (Å²) in [6.45, 7) is 0.811. The number of likely N-dealkylation sites (N-methyl/N-ethyl adjacent to an activating group) is 1. The minimum absolute atomic E-state index is 0.318. The van der Waals surface area contributed by atoms with Crippen LogP contribution in [0.25, 0.3) is 0 Å². The van der Waals surface area contributed by atoms with Crippen molar-refractivity contribution in [3.05, 3.63) is 12.2 Å². The predicted molar refractivity (Wildman–Crippen MR) is 64.7 cm³/mol. The third-order valence-corrected chi connectivity index (χ3v) is 2.50. The van der Waals surface area contributed by atoms with Gasteiger partial charge in [-0.3, -0.25) is 4.99 Å². The zero-order valence-corrected chi connectivity index (χ0v) is 9.29. The highest BCUT2D eigenvalue weighted by Crippen LogP contribution is 2.17. The van der Waals surface area contributed by atoms with Crippen LogP contribution in [0.2, 0.25) is 0 Å². The van der Waals surface area contributed by atoms with E-state index in [0.717, 1.165) is 37.9 Å². The first kappa shape index (κ1) is 11.9. The molecule has 0 amide bonds. The Morgan fingerprint density at radius 2 is 2.27 bits per heavy atom. The van der Waals surface area contributed by atoms with Gasteiger partial charge < -0.3 is 16.5 Å². The van der Waals surface area contributed by atoms with Crippen molar-refractivity contribution >= 4 is 11.5 Å². The second kappa shape index (κ2) is 6.35. The highest BCUT2D eigenvalue weighted by atomic mass is 14.9. The van der Waals surface area contributed by atoms with E-state index in [9.17, 15) is 0 Å². The summed E-state index contributed by atoms with van der Waals surface area (Å²) in [4.78, 5) is 4.43. The van der Waals surface area contributed by atoms with E-state index in [1.807, 2.05) is 19.2 Å². The van der Waals surface area contributed by atoms with E-state index in [2.05, 4.69) is 10.3 Å². The molecule has 15 heavy (non-hydrogen) atoms. The van der Waals surface area contributed by atoms with Gasteiger partial charge in [-0.25, -0.2) is 0 Å². The van der Waals surface area contributed by atoms with Gasteiger partial charge in [-0.1, -0.05) is 6.08 Å². The fourth-order valence-electron chi connectivity index (χ4n) is 1.63. The molecule has 0 radical (unpaired) electrons. The predicted octanol–water partition coefficient (Wildman–Crippen LogP) is 1.08. The van der Waals surface area contributed by atoms with Crippen molar-refractivity contribution in [2.45, 2.75) is 31.7 Å². The Balaban J connectivity index is 2.37. The first-order valence-electron chi connectivity index (χ1n) is 5.43. The van der Waals surface area contributed by atoms with Crippen molar-refractivity contribution in [2.24, 2.45) is 10.7 Å². The van der Waals surface area contributed by atoms with E-state index < -0.39 is 0 Å². The van der Waals surface area contributed by atoms with Crippen LogP contribution in [0.4, 0.5) is 0 Å². The van der Waals surface area contributed by atoms with Gasteiger partial charge in [0.25, 0.3) is 0 Å². The normalized spacial score (nSPS) is 23.7. The summed E-state index contributed by atoms with van der Waals surface area (Å²) in [5.41, 5.74) is 6.61. The Morgan fingerprint density at radius 3 is 2.87 bits per heavy atom. The smallest absolute Gasteiger partial charge is 0.118 e. The Hall–Kier alpha value is -1.16. The third kappa shape index (κ3) is 4.74. The molecular formula is C11H20N4. The van der Waals surface area contributed by atoms with Gasteiger partial charge in [0.1, 0.15) is 5.84 Å². The van der Waals surface area contributed by atoms with Crippen molar-refractivity contribution in [1.29, 1.82) is 5.41 Å². The zero-order chi connectivity index (χ0) is 11.1. The molecule has 1 saturated carbocycles. The van der Waals surface area contributed by atoms with Gasteiger partial charge in [0, 0.05) is 12.3 Å².